The van der Waals surface area contributed by atoms with Gasteiger partial charge in [-0.25, -0.2) is 13.8 Å². The summed E-state index contributed by atoms with van der Waals surface area (Å²) >= 11 is 0. The molecule has 1 aromatic heterocycles. The second-order valence-electron chi connectivity index (χ2n) is 4.02. The number of aliphatic hydroxyl groups is 1. The number of alkyl halides is 2. The van der Waals surface area contributed by atoms with Crippen LogP contribution < -0.4 is 4.74 Å². The van der Waals surface area contributed by atoms with Crippen LogP contribution in [0.2, 0.25) is 0 Å². The maximum atomic E-state index is 13.3. The van der Waals surface area contributed by atoms with Gasteiger partial charge in [-0.15, -0.1) is 0 Å². The second kappa shape index (κ2) is 5.32. The van der Waals surface area contributed by atoms with E-state index in [4.69, 9.17) is 4.74 Å². The molecule has 19 heavy (non-hydrogen) atoms. The number of methoxy groups -OCH3 is 1. The third-order valence-electron chi connectivity index (χ3n) is 2.92. The van der Waals surface area contributed by atoms with E-state index in [9.17, 15) is 13.9 Å². The van der Waals surface area contributed by atoms with Gasteiger partial charge in [-0.1, -0.05) is 30.3 Å². The van der Waals surface area contributed by atoms with E-state index < -0.39 is 12.0 Å². The first kappa shape index (κ1) is 13.4. The van der Waals surface area contributed by atoms with Crippen molar-refractivity contribution < 1.29 is 18.6 Å². The molecular weight excluding hydrogens is 252 g/mol. The van der Waals surface area contributed by atoms with Gasteiger partial charge in [0, 0.05) is 17.8 Å². The Morgan fingerprint density at radius 2 is 1.79 bits per heavy atom. The number of hydrogen-bond donors (Lipinski definition) is 1. The van der Waals surface area contributed by atoms with Crippen LogP contribution in [0.5, 0.6) is 5.88 Å². The van der Waals surface area contributed by atoms with Crippen LogP contribution in [0.15, 0.2) is 48.7 Å². The minimum atomic E-state index is -2.97. The van der Waals surface area contributed by atoms with Crippen LogP contribution in [0.25, 0.3) is 0 Å². The fourth-order valence-corrected chi connectivity index (χ4v) is 1.84. The fourth-order valence-electron chi connectivity index (χ4n) is 1.84. The first-order valence-electron chi connectivity index (χ1n) is 5.65. The predicted molar refractivity (Wildman–Crippen MR) is 66.2 cm³/mol. The third-order valence-corrected chi connectivity index (χ3v) is 2.92. The number of nitrogens with zero attached hydrogens (tertiary/aromatic N) is 1. The number of pyridine rings is 1. The summed E-state index contributed by atoms with van der Waals surface area (Å²) in [4.78, 5) is 3.86. The molecule has 1 heterocycles. The quantitative estimate of drug-likeness (QED) is 0.924. The molecule has 0 bridgehead atoms. The van der Waals surface area contributed by atoms with Crippen LogP contribution in [-0.4, -0.2) is 23.6 Å². The van der Waals surface area contributed by atoms with Crippen LogP contribution >= 0.6 is 0 Å². The lowest BCUT2D eigenvalue weighted by Gasteiger charge is -2.28. The Morgan fingerprint density at radius 1 is 1.11 bits per heavy atom. The lowest BCUT2D eigenvalue weighted by atomic mass is 9.88. The smallest absolute Gasteiger partial charge is 0.275 e. The predicted octanol–water partition coefficient (Wildman–Crippen LogP) is 2.59. The van der Waals surface area contributed by atoms with E-state index in [2.05, 4.69) is 4.98 Å². The van der Waals surface area contributed by atoms with Crippen molar-refractivity contribution in [1.29, 1.82) is 0 Å². The maximum Gasteiger partial charge on any atom is 0.275 e. The van der Waals surface area contributed by atoms with E-state index in [0.29, 0.717) is 5.88 Å². The molecule has 2 aromatic rings. The maximum absolute atomic E-state index is 13.3. The van der Waals surface area contributed by atoms with Crippen molar-refractivity contribution in [2.24, 2.45) is 0 Å². The van der Waals surface area contributed by atoms with E-state index in [-0.39, 0.29) is 11.1 Å². The van der Waals surface area contributed by atoms with E-state index >= 15 is 0 Å². The van der Waals surface area contributed by atoms with E-state index in [0.717, 1.165) is 0 Å². The lowest BCUT2D eigenvalue weighted by molar-refractivity contribution is -0.0720. The third kappa shape index (κ3) is 2.42. The van der Waals surface area contributed by atoms with Crippen molar-refractivity contribution in [3.63, 3.8) is 0 Å². The van der Waals surface area contributed by atoms with Gasteiger partial charge in [0.1, 0.15) is 0 Å². The number of halogens is 2. The minimum absolute atomic E-state index is 0.0227. The zero-order chi connectivity index (χ0) is 13.9. The molecule has 0 amide bonds. The zero-order valence-corrected chi connectivity index (χ0v) is 10.3. The lowest BCUT2D eigenvalue weighted by Crippen LogP contribution is -2.35. The highest BCUT2D eigenvalue weighted by Crippen LogP contribution is 2.35. The SMILES string of the molecule is COc1ccc(C(O)(c2ccccc2)C(F)F)cn1. The van der Waals surface area contributed by atoms with Crippen LogP contribution in [0.4, 0.5) is 8.78 Å². The number of benzene rings is 1. The van der Waals surface area contributed by atoms with Crippen molar-refractivity contribution in [3.05, 3.63) is 59.8 Å². The molecule has 1 aromatic carbocycles. The van der Waals surface area contributed by atoms with Crippen molar-refractivity contribution in [2.75, 3.05) is 7.11 Å². The summed E-state index contributed by atoms with van der Waals surface area (Å²) in [6.45, 7) is 0. The Kier molecular flexibility index (Phi) is 3.76. The molecule has 2 rings (SSSR count). The number of hydrogen-bond acceptors (Lipinski definition) is 3. The van der Waals surface area contributed by atoms with Crippen molar-refractivity contribution in [1.82, 2.24) is 4.98 Å². The molecule has 0 aliphatic rings. The Labute approximate surface area is 109 Å². The molecular formula is C14H13F2NO2. The average molecular weight is 265 g/mol. The molecule has 3 nitrogen and oxygen atoms in total. The van der Waals surface area contributed by atoms with Gasteiger partial charge in [-0.2, -0.15) is 0 Å². The molecule has 1 atom stereocenters. The Bertz CT molecular complexity index is 531. The Hall–Kier alpha value is -2.01. The van der Waals surface area contributed by atoms with Gasteiger partial charge in [0.05, 0.1) is 7.11 Å². The van der Waals surface area contributed by atoms with Gasteiger partial charge in [0.15, 0.2) is 5.60 Å². The fraction of sp³-hybridized carbons (Fsp3) is 0.214. The molecule has 0 spiro atoms. The summed E-state index contributed by atoms with van der Waals surface area (Å²) < 4.78 is 31.5. The van der Waals surface area contributed by atoms with Crippen molar-refractivity contribution in [3.8, 4) is 5.88 Å². The van der Waals surface area contributed by atoms with Crippen molar-refractivity contribution >= 4 is 0 Å². The van der Waals surface area contributed by atoms with E-state index in [1.54, 1.807) is 18.2 Å². The van der Waals surface area contributed by atoms with Crippen molar-refractivity contribution in [2.45, 2.75) is 12.0 Å². The van der Waals surface area contributed by atoms with Crippen LogP contribution in [0.3, 0.4) is 0 Å². The molecule has 0 radical (unpaired) electrons. The van der Waals surface area contributed by atoms with Crippen LogP contribution in [-0.2, 0) is 5.60 Å². The Morgan fingerprint density at radius 3 is 2.26 bits per heavy atom. The molecule has 0 saturated carbocycles. The summed E-state index contributed by atoms with van der Waals surface area (Å²) in [7, 11) is 1.43. The van der Waals surface area contributed by atoms with E-state index in [1.165, 1.54) is 37.6 Å². The molecule has 5 heteroatoms. The molecule has 0 saturated heterocycles. The summed E-state index contributed by atoms with van der Waals surface area (Å²) in [5, 5.41) is 10.4. The summed E-state index contributed by atoms with van der Waals surface area (Å²) in [5.74, 6) is 0.299. The van der Waals surface area contributed by atoms with Gasteiger partial charge >= 0.3 is 0 Å². The van der Waals surface area contributed by atoms with Crippen LogP contribution in [0, 0.1) is 0 Å². The monoisotopic (exact) mass is 265 g/mol. The molecule has 0 aliphatic heterocycles. The summed E-state index contributed by atoms with van der Waals surface area (Å²) in [6, 6.07) is 10.6. The average Bonchev–Trinajstić information content (AvgIpc) is 2.47. The zero-order valence-electron chi connectivity index (χ0n) is 10.3. The molecule has 1 N–H and O–H groups in total. The van der Waals surface area contributed by atoms with E-state index in [1.807, 2.05) is 0 Å². The minimum Gasteiger partial charge on any atom is -0.481 e. The standard InChI is InChI=1S/C14H13F2NO2/c1-19-12-8-7-11(9-17-12)14(18,13(15)16)10-5-3-2-4-6-10/h2-9,13,18H,1H3. The summed E-state index contributed by atoms with van der Waals surface area (Å²) in [6.07, 6.45) is -1.78. The highest BCUT2D eigenvalue weighted by molar-refractivity contribution is 5.36. The normalized spacial score (nSPS) is 14.2. The Balaban J connectivity index is 2.50. The first-order chi connectivity index (χ1) is 9.09. The summed E-state index contributed by atoms with van der Waals surface area (Å²) in [5.41, 5.74) is -2.23. The van der Waals surface area contributed by atoms with Gasteiger partial charge < -0.3 is 9.84 Å². The van der Waals surface area contributed by atoms with Gasteiger partial charge in [0.25, 0.3) is 6.43 Å². The number of rotatable bonds is 4. The molecule has 0 fully saturated rings. The molecule has 100 valence electrons. The highest BCUT2D eigenvalue weighted by Gasteiger charge is 2.41. The second-order valence-corrected chi connectivity index (χ2v) is 4.02. The highest BCUT2D eigenvalue weighted by atomic mass is 19.3. The largest absolute Gasteiger partial charge is 0.481 e. The molecule has 1 unspecified atom stereocenters. The van der Waals surface area contributed by atoms with Crippen LogP contribution in [0.1, 0.15) is 11.1 Å². The van der Waals surface area contributed by atoms with Gasteiger partial charge in [-0.3, -0.25) is 0 Å². The first-order valence-corrected chi connectivity index (χ1v) is 5.65. The van der Waals surface area contributed by atoms with Gasteiger partial charge in [0.2, 0.25) is 5.88 Å². The number of ether oxygens (including phenoxy) is 1. The number of aromatic nitrogens is 1. The topological polar surface area (TPSA) is 42.4 Å². The van der Waals surface area contributed by atoms with Gasteiger partial charge in [-0.05, 0) is 11.6 Å². The molecule has 0 aliphatic carbocycles.